The Morgan fingerprint density at radius 3 is 2.00 bits per heavy atom. The molecule has 5 atom stereocenters. The molecular weight excluding hydrogens is 148 g/mol. The Balaban J connectivity index is 2.59. The topological polar surface area (TPSA) is 69.9 Å². The van der Waals surface area contributed by atoms with Gasteiger partial charge in [0.05, 0.1) is 12.2 Å². The van der Waals surface area contributed by atoms with Crippen molar-refractivity contribution in [2.45, 2.75) is 44.4 Å². The highest BCUT2D eigenvalue weighted by atomic mass is 16.6. The second kappa shape index (κ2) is 3.06. The average molecular weight is 162 g/mol. The maximum atomic E-state index is 9.26. The molecule has 1 fully saturated rings. The van der Waals surface area contributed by atoms with Crippen molar-refractivity contribution in [2.24, 2.45) is 0 Å². The molecule has 4 heteroatoms. The van der Waals surface area contributed by atoms with Crippen molar-refractivity contribution in [3.63, 3.8) is 0 Å². The van der Waals surface area contributed by atoms with E-state index < -0.39 is 30.5 Å². The van der Waals surface area contributed by atoms with Crippen LogP contribution in [0.5, 0.6) is 0 Å². The smallest absolute Gasteiger partial charge is 0.112 e. The number of ether oxygens (including phenoxy) is 1. The van der Waals surface area contributed by atoms with Gasteiger partial charge in [0.25, 0.3) is 0 Å². The standard InChI is InChI=1S/C7H14O4/c1-3(8)7-6(10)5(9)4(2)11-7/h3-10H,1-2H3/t3?,4-,5?,6+,7+/m0/s1. The molecule has 1 heterocycles. The van der Waals surface area contributed by atoms with Crippen LogP contribution in [-0.2, 0) is 4.74 Å². The fourth-order valence-electron chi connectivity index (χ4n) is 1.28. The first kappa shape index (κ1) is 8.93. The molecule has 0 saturated carbocycles. The molecule has 0 aliphatic carbocycles. The van der Waals surface area contributed by atoms with Gasteiger partial charge >= 0.3 is 0 Å². The number of rotatable bonds is 1. The van der Waals surface area contributed by atoms with Gasteiger partial charge in [0.2, 0.25) is 0 Å². The zero-order valence-electron chi connectivity index (χ0n) is 6.64. The summed E-state index contributed by atoms with van der Waals surface area (Å²) in [5.41, 5.74) is 0. The maximum absolute atomic E-state index is 9.26. The fourth-order valence-corrected chi connectivity index (χ4v) is 1.28. The second-order valence-corrected chi connectivity index (χ2v) is 3.03. The molecule has 3 N–H and O–H groups in total. The summed E-state index contributed by atoms with van der Waals surface area (Å²) < 4.78 is 5.10. The Morgan fingerprint density at radius 2 is 1.82 bits per heavy atom. The predicted molar refractivity (Wildman–Crippen MR) is 38.0 cm³/mol. The summed E-state index contributed by atoms with van der Waals surface area (Å²) in [6.45, 7) is 3.19. The quantitative estimate of drug-likeness (QED) is 0.456. The molecule has 11 heavy (non-hydrogen) atoms. The van der Waals surface area contributed by atoms with Gasteiger partial charge in [0.15, 0.2) is 0 Å². The molecule has 0 amide bonds. The van der Waals surface area contributed by atoms with Gasteiger partial charge in [-0.25, -0.2) is 0 Å². The van der Waals surface area contributed by atoms with Crippen LogP contribution < -0.4 is 0 Å². The zero-order valence-corrected chi connectivity index (χ0v) is 6.64. The van der Waals surface area contributed by atoms with Crippen molar-refractivity contribution in [3.8, 4) is 0 Å². The molecule has 0 aromatic carbocycles. The maximum Gasteiger partial charge on any atom is 0.112 e. The van der Waals surface area contributed by atoms with Gasteiger partial charge in [-0.15, -0.1) is 0 Å². The lowest BCUT2D eigenvalue weighted by Crippen LogP contribution is -2.37. The van der Waals surface area contributed by atoms with Gasteiger partial charge in [-0.3, -0.25) is 0 Å². The summed E-state index contributed by atoms with van der Waals surface area (Å²) in [5, 5.41) is 27.5. The molecule has 66 valence electrons. The highest BCUT2D eigenvalue weighted by Gasteiger charge is 2.42. The van der Waals surface area contributed by atoms with E-state index in [2.05, 4.69) is 0 Å². The fraction of sp³-hybridized carbons (Fsp3) is 1.00. The summed E-state index contributed by atoms with van der Waals surface area (Å²) >= 11 is 0. The summed E-state index contributed by atoms with van der Waals surface area (Å²) in [6.07, 6.45) is -3.64. The number of aliphatic hydroxyl groups is 3. The number of hydrogen-bond acceptors (Lipinski definition) is 4. The van der Waals surface area contributed by atoms with Crippen LogP contribution >= 0.6 is 0 Å². The molecule has 1 rings (SSSR count). The first-order valence-electron chi connectivity index (χ1n) is 3.73. The van der Waals surface area contributed by atoms with E-state index >= 15 is 0 Å². The lowest BCUT2D eigenvalue weighted by atomic mass is 10.1. The highest BCUT2D eigenvalue weighted by molar-refractivity contribution is 4.90. The minimum atomic E-state index is -0.968. The molecule has 2 unspecified atom stereocenters. The van der Waals surface area contributed by atoms with Gasteiger partial charge in [0, 0.05) is 0 Å². The normalized spacial score (nSPS) is 47.7. The summed E-state index contributed by atoms with van der Waals surface area (Å²) in [6, 6.07) is 0. The monoisotopic (exact) mass is 162 g/mol. The van der Waals surface area contributed by atoms with Gasteiger partial charge in [-0.1, -0.05) is 0 Å². The Morgan fingerprint density at radius 1 is 1.27 bits per heavy atom. The SMILES string of the molecule is CC(O)[C@H]1O[C@@H](C)C(O)[C@H]1O. The van der Waals surface area contributed by atoms with Gasteiger partial charge in [-0.2, -0.15) is 0 Å². The predicted octanol–water partition coefficient (Wildman–Crippen LogP) is -1.12. The lowest BCUT2D eigenvalue weighted by Gasteiger charge is -2.16. The molecule has 0 aromatic heterocycles. The van der Waals surface area contributed by atoms with Crippen molar-refractivity contribution in [1.29, 1.82) is 0 Å². The Bertz CT molecular complexity index is 136. The molecule has 0 bridgehead atoms. The van der Waals surface area contributed by atoms with Crippen molar-refractivity contribution in [3.05, 3.63) is 0 Å². The Kier molecular flexibility index (Phi) is 2.49. The van der Waals surface area contributed by atoms with Crippen LogP contribution in [0.1, 0.15) is 13.8 Å². The third kappa shape index (κ3) is 1.54. The number of aliphatic hydroxyl groups excluding tert-OH is 3. The summed E-state index contributed by atoms with van der Waals surface area (Å²) in [7, 11) is 0. The Hall–Kier alpha value is -0.160. The number of hydrogen-bond donors (Lipinski definition) is 3. The van der Waals surface area contributed by atoms with Gasteiger partial charge < -0.3 is 20.1 Å². The van der Waals surface area contributed by atoms with Crippen molar-refractivity contribution >= 4 is 0 Å². The zero-order chi connectivity index (χ0) is 8.59. The van der Waals surface area contributed by atoms with Crippen LogP contribution in [0, 0.1) is 0 Å². The largest absolute Gasteiger partial charge is 0.391 e. The van der Waals surface area contributed by atoms with Gasteiger partial charge in [-0.05, 0) is 13.8 Å². The van der Waals surface area contributed by atoms with E-state index in [4.69, 9.17) is 9.84 Å². The molecule has 0 aromatic rings. The molecule has 4 nitrogen and oxygen atoms in total. The molecule has 1 aliphatic rings. The molecular formula is C7H14O4. The van der Waals surface area contributed by atoms with E-state index in [0.717, 1.165) is 0 Å². The van der Waals surface area contributed by atoms with Crippen LogP contribution in [0.15, 0.2) is 0 Å². The first-order chi connectivity index (χ1) is 5.04. The summed E-state index contributed by atoms with van der Waals surface area (Å²) in [4.78, 5) is 0. The first-order valence-corrected chi connectivity index (χ1v) is 3.73. The van der Waals surface area contributed by atoms with Gasteiger partial charge in [0.1, 0.15) is 18.3 Å². The van der Waals surface area contributed by atoms with E-state index in [-0.39, 0.29) is 0 Å². The van der Waals surface area contributed by atoms with E-state index in [1.165, 1.54) is 6.92 Å². The highest BCUT2D eigenvalue weighted by Crippen LogP contribution is 2.22. The second-order valence-electron chi connectivity index (χ2n) is 3.03. The minimum absolute atomic E-state index is 0.399. The van der Waals surface area contributed by atoms with Crippen LogP contribution in [0.25, 0.3) is 0 Å². The van der Waals surface area contributed by atoms with Crippen molar-refractivity contribution in [2.75, 3.05) is 0 Å². The van der Waals surface area contributed by atoms with Crippen molar-refractivity contribution in [1.82, 2.24) is 0 Å². The minimum Gasteiger partial charge on any atom is -0.391 e. The van der Waals surface area contributed by atoms with Crippen LogP contribution in [0.2, 0.25) is 0 Å². The van der Waals surface area contributed by atoms with E-state index in [9.17, 15) is 10.2 Å². The third-order valence-electron chi connectivity index (χ3n) is 2.01. The lowest BCUT2D eigenvalue weighted by molar-refractivity contribution is -0.0546. The van der Waals surface area contributed by atoms with Crippen LogP contribution in [0.4, 0.5) is 0 Å². The van der Waals surface area contributed by atoms with Crippen LogP contribution in [-0.4, -0.2) is 45.8 Å². The van der Waals surface area contributed by atoms with Crippen LogP contribution in [0.3, 0.4) is 0 Å². The molecule has 0 spiro atoms. The third-order valence-corrected chi connectivity index (χ3v) is 2.01. The molecule has 0 radical (unpaired) electrons. The molecule has 1 aliphatic heterocycles. The average Bonchev–Trinajstić information content (AvgIpc) is 2.17. The van der Waals surface area contributed by atoms with E-state index in [0.29, 0.717) is 0 Å². The van der Waals surface area contributed by atoms with Crippen molar-refractivity contribution < 1.29 is 20.1 Å². The summed E-state index contributed by atoms with van der Waals surface area (Å²) in [5.74, 6) is 0. The Labute approximate surface area is 65.4 Å². The molecule has 1 saturated heterocycles. The van der Waals surface area contributed by atoms with E-state index in [1.807, 2.05) is 0 Å². The van der Waals surface area contributed by atoms with E-state index in [1.54, 1.807) is 6.92 Å².